The summed E-state index contributed by atoms with van der Waals surface area (Å²) in [5.41, 5.74) is 0.571. The van der Waals surface area contributed by atoms with E-state index in [-0.39, 0.29) is 24.6 Å². The first-order chi connectivity index (χ1) is 8.58. The van der Waals surface area contributed by atoms with Gasteiger partial charge in [0.1, 0.15) is 5.75 Å². The van der Waals surface area contributed by atoms with Crippen molar-refractivity contribution in [2.45, 2.75) is 12.8 Å². The number of phenols is 1. The number of nitrogens with zero attached hydrogens (tertiary/aromatic N) is 1. The van der Waals surface area contributed by atoms with Crippen molar-refractivity contribution in [1.29, 1.82) is 0 Å². The van der Waals surface area contributed by atoms with Crippen molar-refractivity contribution in [2.75, 3.05) is 13.1 Å². The molecule has 0 radical (unpaired) electrons. The fraction of sp³-hybridized carbons (Fsp3) is 0.385. The summed E-state index contributed by atoms with van der Waals surface area (Å²) in [5, 5.41) is 18.4. The molecule has 2 rings (SSSR count). The average Bonchev–Trinajstić information content (AvgIpc) is 2.81. The summed E-state index contributed by atoms with van der Waals surface area (Å²) >= 11 is 0. The minimum absolute atomic E-state index is 0.0971. The minimum Gasteiger partial charge on any atom is -0.508 e. The number of benzene rings is 1. The smallest absolute Gasteiger partial charge is 0.308 e. The van der Waals surface area contributed by atoms with Crippen LogP contribution in [0.25, 0.3) is 0 Å². The van der Waals surface area contributed by atoms with Gasteiger partial charge >= 0.3 is 5.97 Å². The summed E-state index contributed by atoms with van der Waals surface area (Å²) < 4.78 is 0. The lowest BCUT2D eigenvalue weighted by Crippen LogP contribution is -2.31. The lowest BCUT2D eigenvalue weighted by molar-refractivity contribution is -0.141. The van der Waals surface area contributed by atoms with Gasteiger partial charge in [0, 0.05) is 18.7 Å². The van der Waals surface area contributed by atoms with Crippen molar-refractivity contribution < 1.29 is 19.8 Å². The number of carbonyl (C=O) groups is 2. The first-order valence-corrected chi connectivity index (χ1v) is 5.85. The van der Waals surface area contributed by atoms with Gasteiger partial charge in [0.15, 0.2) is 0 Å². The highest BCUT2D eigenvalue weighted by molar-refractivity contribution is 5.81. The van der Waals surface area contributed by atoms with E-state index in [1.807, 2.05) is 0 Å². The number of phenolic OH excluding ortho intramolecular Hbond substituents is 1. The Hall–Kier alpha value is -2.04. The van der Waals surface area contributed by atoms with E-state index < -0.39 is 11.9 Å². The zero-order valence-electron chi connectivity index (χ0n) is 9.87. The van der Waals surface area contributed by atoms with Gasteiger partial charge in [-0.3, -0.25) is 9.59 Å². The molecule has 0 saturated carbocycles. The van der Waals surface area contributed by atoms with Gasteiger partial charge in [-0.15, -0.1) is 0 Å². The number of carboxylic acid groups (broad SMARTS) is 1. The van der Waals surface area contributed by atoms with E-state index in [9.17, 15) is 14.7 Å². The highest BCUT2D eigenvalue weighted by atomic mass is 16.4. The van der Waals surface area contributed by atoms with Crippen molar-refractivity contribution in [2.24, 2.45) is 5.92 Å². The maximum absolute atomic E-state index is 12.0. The molecular formula is C13H15NO4. The Balaban J connectivity index is 1.98. The first-order valence-electron chi connectivity index (χ1n) is 5.85. The summed E-state index contributed by atoms with van der Waals surface area (Å²) in [6.45, 7) is 0.741. The summed E-state index contributed by atoms with van der Waals surface area (Å²) in [5.74, 6) is -1.36. The van der Waals surface area contributed by atoms with E-state index in [4.69, 9.17) is 5.11 Å². The Morgan fingerprint density at radius 2 is 2.06 bits per heavy atom. The number of carbonyl (C=O) groups excluding carboxylic acids is 1. The van der Waals surface area contributed by atoms with Crippen LogP contribution in [0, 0.1) is 5.92 Å². The van der Waals surface area contributed by atoms with Crippen molar-refractivity contribution in [3.05, 3.63) is 29.8 Å². The Kier molecular flexibility index (Phi) is 3.50. The van der Waals surface area contributed by atoms with Gasteiger partial charge in [0.05, 0.1) is 12.3 Å². The number of likely N-dealkylation sites (tertiary alicyclic amines) is 1. The molecule has 0 bridgehead atoms. The Morgan fingerprint density at radius 3 is 2.67 bits per heavy atom. The second kappa shape index (κ2) is 5.08. The van der Waals surface area contributed by atoms with Crippen LogP contribution in [-0.4, -0.2) is 40.1 Å². The molecule has 1 fully saturated rings. The number of hydrogen-bond acceptors (Lipinski definition) is 3. The van der Waals surface area contributed by atoms with Crippen molar-refractivity contribution in [1.82, 2.24) is 4.90 Å². The van der Waals surface area contributed by atoms with E-state index in [1.54, 1.807) is 23.1 Å². The van der Waals surface area contributed by atoms with Crippen molar-refractivity contribution in [3.8, 4) is 5.75 Å². The Bertz CT molecular complexity index is 472. The zero-order valence-corrected chi connectivity index (χ0v) is 9.87. The molecule has 18 heavy (non-hydrogen) atoms. The maximum atomic E-state index is 12.0. The molecule has 1 aliphatic rings. The van der Waals surface area contributed by atoms with Crippen molar-refractivity contribution >= 4 is 11.9 Å². The monoisotopic (exact) mass is 249 g/mol. The molecule has 1 aromatic carbocycles. The number of carboxylic acids is 1. The van der Waals surface area contributed by atoms with Crippen LogP contribution in [0.3, 0.4) is 0 Å². The van der Waals surface area contributed by atoms with Crippen LogP contribution in [0.1, 0.15) is 12.0 Å². The number of hydrogen-bond donors (Lipinski definition) is 2. The molecule has 1 heterocycles. The molecule has 2 N–H and O–H groups in total. The molecule has 5 heteroatoms. The largest absolute Gasteiger partial charge is 0.508 e. The zero-order chi connectivity index (χ0) is 13.1. The van der Waals surface area contributed by atoms with E-state index in [0.29, 0.717) is 18.5 Å². The fourth-order valence-corrected chi connectivity index (χ4v) is 2.12. The molecule has 1 amide bonds. The van der Waals surface area contributed by atoms with Crippen LogP contribution in [0.4, 0.5) is 0 Å². The van der Waals surface area contributed by atoms with Gasteiger partial charge in [-0.2, -0.15) is 0 Å². The molecule has 96 valence electrons. The quantitative estimate of drug-likeness (QED) is 0.833. The summed E-state index contributed by atoms with van der Waals surface area (Å²) in [6, 6.07) is 6.68. The third-order valence-corrected chi connectivity index (χ3v) is 3.22. The molecule has 1 unspecified atom stereocenters. The minimum atomic E-state index is -0.854. The SMILES string of the molecule is O=C(O)C1CCN(C(=O)Cc2ccccc2O)C1. The number of aromatic hydroxyl groups is 1. The molecule has 0 aliphatic carbocycles. The van der Waals surface area contributed by atoms with Gasteiger partial charge in [0.2, 0.25) is 5.91 Å². The first kappa shape index (κ1) is 12.4. The number of amides is 1. The number of para-hydroxylation sites is 1. The molecule has 1 aliphatic heterocycles. The summed E-state index contributed by atoms with van der Waals surface area (Å²) in [6.07, 6.45) is 0.612. The molecule has 1 atom stereocenters. The second-order valence-electron chi connectivity index (χ2n) is 4.47. The molecule has 0 aromatic heterocycles. The van der Waals surface area contributed by atoms with Gasteiger partial charge in [0.25, 0.3) is 0 Å². The van der Waals surface area contributed by atoms with Crippen LogP contribution in [0.2, 0.25) is 0 Å². The molecular weight excluding hydrogens is 234 g/mol. The third-order valence-electron chi connectivity index (χ3n) is 3.22. The second-order valence-corrected chi connectivity index (χ2v) is 4.47. The Labute approximate surface area is 105 Å². The standard InChI is InChI=1S/C13H15NO4/c15-11-4-2-1-3-9(11)7-12(16)14-6-5-10(8-14)13(17)18/h1-4,10,15H,5-8H2,(H,17,18). The predicted molar refractivity (Wildman–Crippen MR) is 64.1 cm³/mol. The normalized spacial score (nSPS) is 18.9. The van der Waals surface area contributed by atoms with Crippen LogP contribution in [0.15, 0.2) is 24.3 Å². The number of aliphatic carboxylic acids is 1. The van der Waals surface area contributed by atoms with Crippen LogP contribution in [-0.2, 0) is 16.0 Å². The van der Waals surface area contributed by atoms with Gasteiger partial charge in [-0.25, -0.2) is 0 Å². The summed E-state index contributed by atoms with van der Waals surface area (Å²) in [7, 11) is 0. The molecule has 1 aromatic rings. The lowest BCUT2D eigenvalue weighted by atomic mass is 10.1. The Morgan fingerprint density at radius 1 is 1.33 bits per heavy atom. The predicted octanol–water partition coefficient (Wildman–Crippen LogP) is 0.868. The topological polar surface area (TPSA) is 77.8 Å². The molecule has 5 nitrogen and oxygen atoms in total. The van der Waals surface area contributed by atoms with E-state index in [2.05, 4.69) is 0 Å². The fourth-order valence-electron chi connectivity index (χ4n) is 2.12. The highest BCUT2D eigenvalue weighted by Crippen LogP contribution is 2.20. The van der Waals surface area contributed by atoms with Crippen LogP contribution >= 0.6 is 0 Å². The van der Waals surface area contributed by atoms with E-state index in [1.165, 1.54) is 6.07 Å². The van der Waals surface area contributed by atoms with Gasteiger partial charge in [-0.05, 0) is 12.5 Å². The third kappa shape index (κ3) is 2.61. The number of rotatable bonds is 3. The van der Waals surface area contributed by atoms with E-state index >= 15 is 0 Å². The van der Waals surface area contributed by atoms with Crippen molar-refractivity contribution in [3.63, 3.8) is 0 Å². The molecule has 1 saturated heterocycles. The van der Waals surface area contributed by atoms with Gasteiger partial charge in [-0.1, -0.05) is 18.2 Å². The molecule has 0 spiro atoms. The average molecular weight is 249 g/mol. The van der Waals surface area contributed by atoms with Crippen LogP contribution in [0.5, 0.6) is 5.75 Å². The van der Waals surface area contributed by atoms with Gasteiger partial charge < -0.3 is 15.1 Å². The lowest BCUT2D eigenvalue weighted by Gasteiger charge is -2.16. The van der Waals surface area contributed by atoms with E-state index in [0.717, 1.165) is 0 Å². The van der Waals surface area contributed by atoms with Crippen LogP contribution < -0.4 is 0 Å². The summed E-state index contributed by atoms with van der Waals surface area (Å²) in [4.78, 5) is 24.3. The highest BCUT2D eigenvalue weighted by Gasteiger charge is 2.30. The maximum Gasteiger partial charge on any atom is 0.308 e.